The van der Waals surface area contributed by atoms with Crippen molar-refractivity contribution in [2.24, 2.45) is 0 Å². The molecule has 1 unspecified atom stereocenters. The third-order valence-corrected chi connectivity index (χ3v) is 3.09. The Kier molecular flexibility index (Phi) is 4.96. The fourth-order valence-corrected chi connectivity index (χ4v) is 2.02. The minimum absolute atomic E-state index is 0.0351. The van der Waals surface area contributed by atoms with Crippen molar-refractivity contribution in [2.45, 2.75) is 52.3 Å². The first-order chi connectivity index (χ1) is 8.38. The van der Waals surface area contributed by atoms with Crippen molar-refractivity contribution in [1.82, 2.24) is 4.57 Å². The second kappa shape index (κ2) is 6.05. The highest BCUT2D eigenvalue weighted by Crippen LogP contribution is 2.18. The third-order valence-electron chi connectivity index (χ3n) is 3.09. The van der Waals surface area contributed by atoms with Gasteiger partial charge in [-0.3, -0.25) is 4.79 Å². The van der Waals surface area contributed by atoms with Gasteiger partial charge in [-0.1, -0.05) is 0 Å². The van der Waals surface area contributed by atoms with Crippen molar-refractivity contribution in [3.8, 4) is 0 Å². The number of aryl methyl sites for hydroxylation is 1. The lowest BCUT2D eigenvalue weighted by Gasteiger charge is -2.27. The predicted molar refractivity (Wildman–Crippen MR) is 75.2 cm³/mol. The molecule has 1 aromatic heterocycles. The normalized spacial score (nSPS) is 13.4. The van der Waals surface area contributed by atoms with E-state index in [0.717, 1.165) is 12.1 Å². The Bertz CT molecular complexity index is 438. The summed E-state index contributed by atoms with van der Waals surface area (Å²) in [6.07, 6.45) is 2.76. The molecule has 1 rings (SSSR count). The maximum Gasteiger partial charge on any atom is 0.250 e. The van der Waals surface area contributed by atoms with Gasteiger partial charge in [0, 0.05) is 32.0 Å². The van der Waals surface area contributed by atoms with Crippen LogP contribution >= 0.6 is 0 Å². The molecule has 0 spiro atoms. The highest BCUT2D eigenvalue weighted by atomic mass is 16.5. The Balaban J connectivity index is 2.70. The molecule has 0 saturated heterocycles. The van der Waals surface area contributed by atoms with E-state index >= 15 is 0 Å². The summed E-state index contributed by atoms with van der Waals surface area (Å²) >= 11 is 0. The van der Waals surface area contributed by atoms with E-state index in [1.807, 2.05) is 19.2 Å². The highest BCUT2D eigenvalue weighted by Gasteiger charge is 2.20. The van der Waals surface area contributed by atoms with Gasteiger partial charge >= 0.3 is 0 Å². The predicted octanol–water partition coefficient (Wildman–Crippen LogP) is 2.48. The first kappa shape index (κ1) is 14.8. The van der Waals surface area contributed by atoms with E-state index in [-0.39, 0.29) is 17.2 Å². The molecule has 1 heterocycles. The maximum atomic E-state index is 11.5. The molecule has 0 bridgehead atoms. The molecule has 1 atom stereocenters. The van der Waals surface area contributed by atoms with E-state index in [1.165, 1.54) is 0 Å². The van der Waals surface area contributed by atoms with Gasteiger partial charge in [-0.2, -0.15) is 0 Å². The van der Waals surface area contributed by atoms with Crippen LogP contribution in [0, 0.1) is 0 Å². The Hall–Kier alpha value is -1.29. The zero-order chi connectivity index (χ0) is 13.8. The van der Waals surface area contributed by atoms with Crippen LogP contribution < -0.4 is 10.9 Å². The summed E-state index contributed by atoms with van der Waals surface area (Å²) in [6, 6.07) is 3.70. The maximum absolute atomic E-state index is 11.5. The Morgan fingerprint density at radius 1 is 1.44 bits per heavy atom. The van der Waals surface area contributed by atoms with Gasteiger partial charge in [0.15, 0.2) is 0 Å². The minimum atomic E-state index is -0.147. The van der Waals surface area contributed by atoms with Crippen molar-refractivity contribution >= 4 is 5.69 Å². The van der Waals surface area contributed by atoms with E-state index in [2.05, 4.69) is 26.1 Å². The molecule has 0 radical (unpaired) electrons. The molecular formula is C14H24N2O2. The molecule has 4 nitrogen and oxygen atoms in total. The van der Waals surface area contributed by atoms with Crippen LogP contribution in [0.4, 0.5) is 5.69 Å². The Labute approximate surface area is 109 Å². The van der Waals surface area contributed by atoms with E-state index < -0.39 is 0 Å². The largest absolute Gasteiger partial charge is 0.381 e. The van der Waals surface area contributed by atoms with Crippen LogP contribution in [0.25, 0.3) is 0 Å². The van der Waals surface area contributed by atoms with Crippen molar-refractivity contribution in [3.63, 3.8) is 0 Å². The van der Waals surface area contributed by atoms with Gasteiger partial charge in [-0.05, 0) is 40.2 Å². The number of methoxy groups -OCH3 is 1. The topological polar surface area (TPSA) is 43.3 Å². The molecule has 0 fully saturated rings. The quantitative estimate of drug-likeness (QED) is 0.846. The van der Waals surface area contributed by atoms with E-state index in [1.54, 1.807) is 17.7 Å². The van der Waals surface area contributed by atoms with Gasteiger partial charge in [-0.25, -0.2) is 0 Å². The van der Waals surface area contributed by atoms with Crippen molar-refractivity contribution in [3.05, 3.63) is 28.7 Å². The van der Waals surface area contributed by atoms with Crippen LogP contribution in [-0.4, -0.2) is 23.3 Å². The summed E-state index contributed by atoms with van der Waals surface area (Å²) in [5.74, 6) is 0. The van der Waals surface area contributed by atoms with Gasteiger partial charge < -0.3 is 14.6 Å². The summed E-state index contributed by atoms with van der Waals surface area (Å²) < 4.78 is 7.11. The standard InChI is InChI=1S/C14H24N2O2/c1-6-16-10-12(7-8-13(16)17)15-11(2)9-14(3,4)18-5/h7-8,10-11,15H,6,9H2,1-5H3. The Morgan fingerprint density at radius 2 is 2.11 bits per heavy atom. The second-order valence-corrected chi connectivity index (χ2v) is 5.26. The van der Waals surface area contributed by atoms with E-state index in [4.69, 9.17) is 4.74 Å². The SMILES string of the molecule is CCn1cc(NC(C)CC(C)(C)OC)ccc1=O. The third kappa shape index (κ3) is 4.18. The van der Waals surface area contributed by atoms with Crippen LogP contribution in [-0.2, 0) is 11.3 Å². The molecule has 102 valence electrons. The number of rotatable bonds is 6. The summed E-state index contributed by atoms with van der Waals surface area (Å²) in [4.78, 5) is 11.5. The first-order valence-corrected chi connectivity index (χ1v) is 6.40. The van der Waals surface area contributed by atoms with Crippen LogP contribution in [0.15, 0.2) is 23.1 Å². The number of hydrogen-bond acceptors (Lipinski definition) is 3. The summed E-state index contributed by atoms with van der Waals surface area (Å²) in [7, 11) is 1.73. The molecule has 18 heavy (non-hydrogen) atoms. The zero-order valence-electron chi connectivity index (χ0n) is 12.0. The molecule has 0 aliphatic heterocycles. The molecule has 0 amide bonds. The molecular weight excluding hydrogens is 228 g/mol. The fourth-order valence-electron chi connectivity index (χ4n) is 2.02. The number of hydrogen-bond donors (Lipinski definition) is 1. The first-order valence-electron chi connectivity index (χ1n) is 6.40. The van der Waals surface area contributed by atoms with Crippen LogP contribution in [0.3, 0.4) is 0 Å². The number of nitrogens with zero attached hydrogens (tertiary/aromatic N) is 1. The van der Waals surface area contributed by atoms with Gasteiger partial charge in [-0.15, -0.1) is 0 Å². The fraction of sp³-hybridized carbons (Fsp3) is 0.643. The van der Waals surface area contributed by atoms with Crippen LogP contribution in [0.5, 0.6) is 0 Å². The lowest BCUT2D eigenvalue weighted by Crippen LogP contribution is -2.31. The van der Waals surface area contributed by atoms with E-state index in [0.29, 0.717) is 6.54 Å². The number of pyridine rings is 1. The van der Waals surface area contributed by atoms with Gasteiger partial charge in [0.05, 0.1) is 11.3 Å². The molecule has 1 aromatic rings. The van der Waals surface area contributed by atoms with Crippen LogP contribution in [0.2, 0.25) is 0 Å². The Morgan fingerprint density at radius 3 is 2.67 bits per heavy atom. The van der Waals surface area contributed by atoms with Crippen LogP contribution in [0.1, 0.15) is 34.1 Å². The monoisotopic (exact) mass is 252 g/mol. The molecule has 0 aromatic carbocycles. The number of aromatic nitrogens is 1. The minimum Gasteiger partial charge on any atom is -0.381 e. The highest BCUT2D eigenvalue weighted by molar-refractivity contribution is 5.41. The van der Waals surface area contributed by atoms with Gasteiger partial charge in [0.25, 0.3) is 5.56 Å². The summed E-state index contributed by atoms with van der Waals surface area (Å²) in [6.45, 7) is 8.90. The van der Waals surface area contributed by atoms with Crippen molar-refractivity contribution in [1.29, 1.82) is 0 Å². The van der Waals surface area contributed by atoms with Crippen molar-refractivity contribution < 1.29 is 4.74 Å². The zero-order valence-corrected chi connectivity index (χ0v) is 12.0. The lowest BCUT2D eigenvalue weighted by atomic mass is 10.00. The summed E-state index contributed by atoms with van der Waals surface area (Å²) in [5.41, 5.74) is 0.856. The van der Waals surface area contributed by atoms with E-state index in [9.17, 15) is 4.79 Å². The molecule has 1 N–H and O–H groups in total. The lowest BCUT2D eigenvalue weighted by molar-refractivity contribution is 0.0128. The second-order valence-electron chi connectivity index (χ2n) is 5.26. The molecule has 0 aliphatic rings. The summed E-state index contributed by atoms with van der Waals surface area (Å²) in [5, 5.41) is 3.39. The molecule has 0 saturated carbocycles. The number of anilines is 1. The molecule has 0 aliphatic carbocycles. The molecule has 4 heteroatoms. The number of nitrogens with one attached hydrogen (secondary N) is 1. The van der Waals surface area contributed by atoms with Crippen molar-refractivity contribution in [2.75, 3.05) is 12.4 Å². The number of ether oxygens (including phenoxy) is 1. The smallest absolute Gasteiger partial charge is 0.250 e. The average molecular weight is 252 g/mol. The van der Waals surface area contributed by atoms with Gasteiger partial charge in [0.2, 0.25) is 0 Å². The van der Waals surface area contributed by atoms with Gasteiger partial charge in [0.1, 0.15) is 0 Å². The average Bonchev–Trinajstić information content (AvgIpc) is 2.31.